The highest BCUT2D eigenvalue weighted by molar-refractivity contribution is 6.04. The Morgan fingerprint density at radius 2 is 1.82 bits per heavy atom. The number of rotatable bonds is 8. The highest BCUT2D eigenvalue weighted by Gasteiger charge is 2.20. The maximum atomic E-state index is 13.3. The average Bonchev–Trinajstić information content (AvgIpc) is 3.14. The van der Waals surface area contributed by atoms with Gasteiger partial charge in [0.05, 0.1) is 34.7 Å². The summed E-state index contributed by atoms with van der Waals surface area (Å²) in [6.07, 6.45) is 0.308. The van der Waals surface area contributed by atoms with E-state index in [2.05, 4.69) is 15.6 Å². The summed E-state index contributed by atoms with van der Waals surface area (Å²) >= 11 is 0. The Hall–Kier alpha value is -4.21. The van der Waals surface area contributed by atoms with Gasteiger partial charge in [0, 0.05) is 24.1 Å². The van der Waals surface area contributed by atoms with E-state index in [0.29, 0.717) is 34.8 Å². The molecule has 172 valence electrons. The van der Waals surface area contributed by atoms with Crippen molar-refractivity contribution in [3.8, 4) is 22.7 Å². The molecule has 0 spiro atoms. The molecule has 33 heavy (non-hydrogen) atoms. The summed E-state index contributed by atoms with van der Waals surface area (Å²) in [6, 6.07) is 12.7. The van der Waals surface area contributed by atoms with Gasteiger partial charge in [-0.1, -0.05) is 13.8 Å². The molecule has 3 aromatic rings. The molecule has 1 amide bonds. The van der Waals surface area contributed by atoms with Gasteiger partial charge in [-0.05, 0) is 49.2 Å². The SMILES string of the molecule is COc1ccc(-c2[nH]n(-c3ccc([N+](=O)[O-])cc3)c(=O)c2C(C)=NNC(=O)CC(C)C)cc1. The Balaban J connectivity index is 2.09. The molecule has 0 radical (unpaired) electrons. The maximum Gasteiger partial charge on any atom is 0.281 e. The largest absolute Gasteiger partial charge is 0.497 e. The van der Waals surface area contributed by atoms with Crippen molar-refractivity contribution in [2.45, 2.75) is 27.2 Å². The highest BCUT2D eigenvalue weighted by Crippen LogP contribution is 2.24. The molecule has 0 unspecified atom stereocenters. The molecule has 3 rings (SSSR count). The molecule has 0 aliphatic heterocycles. The fraction of sp³-hybridized carbons (Fsp3) is 0.261. The maximum absolute atomic E-state index is 13.3. The van der Waals surface area contributed by atoms with Crippen molar-refractivity contribution >= 4 is 17.3 Å². The molecule has 2 aromatic carbocycles. The Labute approximate surface area is 190 Å². The molecule has 0 bridgehead atoms. The highest BCUT2D eigenvalue weighted by atomic mass is 16.6. The number of nitrogens with one attached hydrogen (secondary N) is 2. The van der Waals surface area contributed by atoms with Gasteiger partial charge in [-0.15, -0.1) is 0 Å². The van der Waals surface area contributed by atoms with Crippen LogP contribution >= 0.6 is 0 Å². The normalized spacial score (nSPS) is 11.5. The molecule has 0 saturated carbocycles. The first kappa shape index (κ1) is 23.5. The number of ether oxygens (including phenoxy) is 1. The second kappa shape index (κ2) is 9.94. The minimum atomic E-state index is -0.508. The van der Waals surface area contributed by atoms with Gasteiger partial charge in [-0.3, -0.25) is 24.8 Å². The van der Waals surface area contributed by atoms with E-state index in [9.17, 15) is 19.7 Å². The first-order valence-corrected chi connectivity index (χ1v) is 10.3. The number of benzene rings is 2. The van der Waals surface area contributed by atoms with Crippen LogP contribution in [0, 0.1) is 16.0 Å². The summed E-state index contributed by atoms with van der Waals surface area (Å²) in [7, 11) is 1.56. The predicted molar refractivity (Wildman–Crippen MR) is 125 cm³/mol. The number of amides is 1. The van der Waals surface area contributed by atoms with Gasteiger partial charge in [-0.2, -0.15) is 5.10 Å². The van der Waals surface area contributed by atoms with E-state index < -0.39 is 10.5 Å². The summed E-state index contributed by atoms with van der Waals surface area (Å²) in [5.41, 5.74) is 4.20. The Morgan fingerprint density at radius 1 is 1.18 bits per heavy atom. The van der Waals surface area contributed by atoms with Crippen molar-refractivity contribution in [3.63, 3.8) is 0 Å². The zero-order valence-electron chi connectivity index (χ0n) is 18.8. The Morgan fingerprint density at radius 3 is 2.36 bits per heavy atom. The lowest BCUT2D eigenvalue weighted by atomic mass is 10.1. The topological polar surface area (TPSA) is 132 Å². The van der Waals surface area contributed by atoms with E-state index in [1.165, 1.54) is 28.9 Å². The van der Waals surface area contributed by atoms with Gasteiger partial charge in [0.25, 0.3) is 11.2 Å². The number of nitro groups is 1. The summed E-state index contributed by atoms with van der Waals surface area (Å²) in [6.45, 7) is 5.48. The lowest BCUT2D eigenvalue weighted by Crippen LogP contribution is -2.24. The molecular weight excluding hydrogens is 426 g/mol. The minimum Gasteiger partial charge on any atom is -0.497 e. The van der Waals surface area contributed by atoms with Crippen molar-refractivity contribution in [1.29, 1.82) is 0 Å². The number of aromatic nitrogens is 2. The number of nitrogens with zero attached hydrogens (tertiary/aromatic N) is 3. The van der Waals surface area contributed by atoms with Gasteiger partial charge < -0.3 is 4.74 Å². The lowest BCUT2D eigenvalue weighted by Gasteiger charge is -2.06. The zero-order valence-corrected chi connectivity index (χ0v) is 18.8. The molecule has 0 aliphatic carbocycles. The van der Waals surface area contributed by atoms with Crippen LogP contribution in [0.3, 0.4) is 0 Å². The number of non-ortho nitro benzene ring substituents is 1. The van der Waals surface area contributed by atoms with Crippen LogP contribution in [0.1, 0.15) is 32.8 Å². The van der Waals surface area contributed by atoms with E-state index in [0.717, 1.165) is 0 Å². The van der Waals surface area contributed by atoms with Crippen LogP contribution in [0.4, 0.5) is 5.69 Å². The summed E-state index contributed by atoms with van der Waals surface area (Å²) in [5.74, 6) is 0.576. The van der Waals surface area contributed by atoms with Crippen molar-refractivity contribution in [2.75, 3.05) is 7.11 Å². The van der Waals surface area contributed by atoms with Gasteiger partial charge >= 0.3 is 0 Å². The van der Waals surface area contributed by atoms with Crippen molar-refractivity contribution < 1.29 is 14.5 Å². The summed E-state index contributed by atoms with van der Waals surface area (Å²) in [4.78, 5) is 35.8. The molecule has 1 aromatic heterocycles. The Bertz CT molecular complexity index is 1240. The number of methoxy groups -OCH3 is 1. The molecule has 0 atom stereocenters. The minimum absolute atomic E-state index is 0.0837. The van der Waals surface area contributed by atoms with Crippen molar-refractivity contribution in [3.05, 3.63) is 74.6 Å². The first-order chi connectivity index (χ1) is 15.7. The molecule has 2 N–H and O–H groups in total. The van der Waals surface area contributed by atoms with Crippen molar-refractivity contribution in [2.24, 2.45) is 11.0 Å². The number of hydrogen-bond acceptors (Lipinski definition) is 6. The standard InChI is InChI=1S/C23H25N5O5/c1-14(2)13-20(29)25-24-15(3)21-22(16-5-11-19(33-4)12-6-16)26-27(23(21)30)17-7-9-18(10-8-17)28(31)32/h5-12,14,26H,13H2,1-4H3,(H,25,29). The van der Waals surface area contributed by atoms with Gasteiger partial charge in [-0.25, -0.2) is 10.1 Å². The van der Waals surface area contributed by atoms with Crippen LogP contribution in [0.15, 0.2) is 58.4 Å². The molecular formula is C23H25N5O5. The van der Waals surface area contributed by atoms with Crippen LogP contribution < -0.4 is 15.7 Å². The second-order valence-electron chi connectivity index (χ2n) is 7.83. The smallest absolute Gasteiger partial charge is 0.281 e. The lowest BCUT2D eigenvalue weighted by molar-refractivity contribution is -0.384. The fourth-order valence-corrected chi connectivity index (χ4v) is 3.26. The molecule has 1 heterocycles. The predicted octanol–water partition coefficient (Wildman–Crippen LogP) is 3.64. The number of nitro benzene ring substituents is 1. The molecule has 0 fully saturated rings. The van der Waals surface area contributed by atoms with Crippen molar-refractivity contribution in [1.82, 2.24) is 15.2 Å². The first-order valence-electron chi connectivity index (χ1n) is 10.3. The third kappa shape index (κ3) is 5.35. The number of hydrazone groups is 1. The third-order valence-electron chi connectivity index (χ3n) is 4.89. The van der Waals surface area contributed by atoms with Crippen LogP contribution in [-0.4, -0.2) is 33.4 Å². The van der Waals surface area contributed by atoms with E-state index >= 15 is 0 Å². The van der Waals surface area contributed by atoms with Gasteiger partial charge in [0.15, 0.2) is 0 Å². The van der Waals surface area contributed by atoms with Crippen LogP contribution in [0.2, 0.25) is 0 Å². The quantitative estimate of drug-likeness (QED) is 0.307. The molecule has 0 saturated heterocycles. The fourth-order valence-electron chi connectivity index (χ4n) is 3.26. The average molecular weight is 451 g/mol. The number of hydrogen-bond donors (Lipinski definition) is 2. The van der Waals surface area contributed by atoms with E-state index in [-0.39, 0.29) is 23.1 Å². The number of aromatic amines is 1. The van der Waals surface area contributed by atoms with Crippen LogP contribution in [0.25, 0.3) is 16.9 Å². The zero-order chi connectivity index (χ0) is 24.1. The molecule has 10 nitrogen and oxygen atoms in total. The second-order valence-corrected chi connectivity index (χ2v) is 7.83. The van der Waals surface area contributed by atoms with Gasteiger partial charge in [0.1, 0.15) is 5.75 Å². The summed E-state index contributed by atoms with van der Waals surface area (Å²) in [5, 5.41) is 18.2. The van der Waals surface area contributed by atoms with E-state index in [1.54, 1.807) is 38.3 Å². The van der Waals surface area contributed by atoms with E-state index in [1.807, 2.05) is 13.8 Å². The van der Waals surface area contributed by atoms with Gasteiger partial charge in [0.2, 0.25) is 5.91 Å². The van der Waals surface area contributed by atoms with Crippen LogP contribution in [0.5, 0.6) is 5.75 Å². The van der Waals surface area contributed by atoms with Crippen LogP contribution in [-0.2, 0) is 4.79 Å². The number of carbonyl (C=O) groups is 1. The van der Waals surface area contributed by atoms with E-state index in [4.69, 9.17) is 4.74 Å². The number of H-pyrrole nitrogens is 1. The third-order valence-corrected chi connectivity index (χ3v) is 4.89. The molecule has 0 aliphatic rings. The summed E-state index contributed by atoms with van der Waals surface area (Å²) < 4.78 is 6.49. The Kier molecular flexibility index (Phi) is 7.07. The monoisotopic (exact) mass is 451 g/mol. The molecule has 10 heteroatoms. The number of carbonyl (C=O) groups excluding carboxylic acids is 1.